The molecule has 1 rings (SSSR count). The Labute approximate surface area is 180 Å². The molecule has 0 aromatic carbocycles. The highest BCUT2D eigenvalue weighted by Crippen LogP contribution is 2.16. The fraction of sp³-hybridized carbons (Fsp3) is 0.920. The Morgan fingerprint density at radius 1 is 0.759 bits per heavy atom. The molecule has 0 saturated carbocycles. The van der Waals surface area contributed by atoms with Gasteiger partial charge >= 0.3 is 5.97 Å². The summed E-state index contributed by atoms with van der Waals surface area (Å²) in [5, 5.41) is 0. The van der Waals surface area contributed by atoms with Gasteiger partial charge in [-0.15, -0.1) is 0 Å². The maximum absolute atomic E-state index is 12.0. The number of likely N-dealkylation sites (tertiary alicyclic amines) is 1. The number of Topliss-reactive ketones (excluding diaryl/α,β-unsaturated/α-hetero) is 1. The zero-order valence-electron chi connectivity index (χ0n) is 19.4. The van der Waals surface area contributed by atoms with E-state index < -0.39 is 0 Å². The Balaban J connectivity index is 1.88. The number of unbranched alkanes of at least 4 members (excludes halogenated alkanes) is 10. The summed E-state index contributed by atoms with van der Waals surface area (Å²) in [6.45, 7) is 7.16. The lowest BCUT2D eigenvalue weighted by Gasteiger charge is -2.16. The number of hydrogen-bond acceptors (Lipinski definition) is 4. The monoisotopic (exact) mass is 409 g/mol. The quantitative estimate of drug-likeness (QED) is 0.181. The number of nitrogens with zero attached hydrogens (tertiary/aromatic N) is 1. The Hall–Kier alpha value is -0.900. The van der Waals surface area contributed by atoms with Crippen LogP contribution in [0.3, 0.4) is 0 Å². The predicted octanol–water partition coefficient (Wildman–Crippen LogP) is 6.45. The summed E-state index contributed by atoms with van der Waals surface area (Å²) < 4.78 is 5.49. The molecular formula is C25H47NO3. The van der Waals surface area contributed by atoms with Gasteiger partial charge in [-0.05, 0) is 38.6 Å². The molecule has 0 N–H and O–H groups in total. The van der Waals surface area contributed by atoms with Gasteiger partial charge in [0.1, 0.15) is 11.9 Å². The predicted molar refractivity (Wildman–Crippen MR) is 121 cm³/mol. The summed E-state index contributed by atoms with van der Waals surface area (Å²) in [4.78, 5) is 26.0. The van der Waals surface area contributed by atoms with Crippen molar-refractivity contribution in [1.29, 1.82) is 0 Å². The Bertz CT molecular complexity index is 424. The first-order valence-corrected chi connectivity index (χ1v) is 12.6. The first-order chi connectivity index (χ1) is 14.2. The molecule has 1 aliphatic rings. The van der Waals surface area contributed by atoms with Crippen LogP contribution in [0.25, 0.3) is 0 Å². The van der Waals surface area contributed by atoms with Gasteiger partial charge in [0.2, 0.25) is 0 Å². The molecule has 0 aliphatic carbocycles. The van der Waals surface area contributed by atoms with Crippen LogP contribution in [0.15, 0.2) is 0 Å². The van der Waals surface area contributed by atoms with Crippen molar-refractivity contribution < 1.29 is 14.3 Å². The minimum Gasteiger partial charge on any atom is -0.461 e. The van der Waals surface area contributed by atoms with Crippen LogP contribution < -0.4 is 0 Å². The lowest BCUT2D eigenvalue weighted by Crippen LogP contribution is -2.26. The van der Waals surface area contributed by atoms with Crippen molar-refractivity contribution in [2.75, 3.05) is 19.6 Å². The zero-order chi connectivity index (χ0) is 21.2. The number of carbonyl (C=O) groups excluding carboxylic acids is 2. The van der Waals surface area contributed by atoms with Gasteiger partial charge in [-0.2, -0.15) is 0 Å². The fourth-order valence-corrected chi connectivity index (χ4v) is 4.14. The summed E-state index contributed by atoms with van der Waals surface area (Å²) in [7, 11) is 0. The maximum atomic E-state index is 12.0. The molecule has 0 aromatic heterocycles. The van der Waals surface area contributed by atoms with Gasteiger partial charge in [0.05, 0.1) is 0 Å². The van der Waals surface area contributed by atoms with Gasteiger partial charge in [0, 0.05) is 32.4 Å². The molecule has 1 fully saturated rings. The molecule has 1 atom stereocenters. The highest BCUT2D eigenvalue weighted by molar-refractivity contribution is 5.78. The highest BCUT2D eigenvalue weighted by atomic mass is 16.5. The fourth-order valence-electron chi connectivity index (χ4n) is 4.14. The summed E-state index contributed by atoms with van der Waals surface area (Å²) in [6, 6.07) is 0. The topological polar surface area (TPSA) is 46.6 Å². The SMILES string of the molecule is CCCCCCCCCCCCC(=O)CCCCN1CCC(OC(=O)CCC)C1. The number of ketones is 1. The zero-order valence-corrected chi connectivity index (χ0v) is 19.4. The van der Waals surface area contributed by atoms with Crippen LogP contribution in [0.4, 0.5) is 0 Å². The summed E-state index contributed by atoms with van der Waals surface area (Å²) in [6.07, 6.45) is 19.2. The number of rotatable bonds is 19. The van der Waals surface area contributed by atoms with E-state index in [1.54, 1.807) is 0 Å². The van der Waals surface area contributed by atoms with E-state index in [0.717, 1.165) is 64.6 Å². The smallest absolute Gasteiger partial charge is 0.306 e. The molecule has 1 unspecified atom stereocenters. The molecule has 4 nitrogen and oxygen atoms in total. The summed E-state index contributed by atoms with van der Waals surface area (Å²) in [5.74, 6) is 0.384. The number of esters is 1. The minimum absolute atomic E-state index is 0.0584. The molecule has 1 aliphatic heterocycles. The average Bonchev–Trinajstić information content (AvgIpc) is 3.14. The second-order valence-corrected chi connectivity index (χ2v) is 8.88. The maximum Gasteiger partial charge on any atom is 0.306 e. The first-order valence-electron chi connectivity index (χ1n) is 12.6. The van der Waals surface area contributed by atoms with Crippen molar-refractivity contribution in [2.24, 2.45) is 0 Å². The van der Waals surface area contributed by atoms with Crippen molar-refractivity contribution in [2.45, 2.75) is 129 Å². The third-order valence-electron chi connectivity index (χ3n) is 5.97. The summed E-state index contributed by atoms with van der Waals surface area (Å²) in [5.41, 5.74) is 0. The van der Waals surface area contributed by atoms with Crippen molar-refractivity contribution >= 4 is 11.8 Å². The largest absolute Gasteiger partial charge is 0.461 e. The second-order valence-electron chi connectivity index (χ2n) is 8.88. The van der Waals surface area contributed by atoms with Crippen molar-refractivity contribution in [3.8, 4) is 0 Å². The van der Waals surface area contributed by atoms with Gasteiger partial charge < -0.3 is 4.74 Å². The molecule has 4 heteroatoms. The molecule has 1 saturated heterocycles. The van der Waals surface area contributed by atoms with Crippen LogP contribution in [-0.2, 0) is 14.3 Å². The van der Waals surface area contributed by atoms with Crippen LogP contribution in [0.2, 0.25) is 0 Å². The normalized spacial score (nSPS) is 17.0. The second kappa shape index (κ2) is 17.9. The highest BCUT2D eigenvalue weighted by Gasteiger charge is 2.24. The van der Waals surface area contributed by atoms with Crippen LogP contribution in [-0.4, -0.2) is 42.4 Å². The van der Waals surface area contributed by atoms with Crippen LogP contribution in [0.1, 0.15) is 123 Å². The van der Waals surface area contributed by atoms with Crippen LogP contribution >= 0.6 is 0 Å². The Morgan fingerprint density at radius 3 is 1.97 bits per heavy atom. The lowest BCUT2D eigenvalue weighted by molar-refractivity contribution is -0.148. The number of hydrogen-bond donors (Lipinski definition) is 0. The molecule has 170 valence electrons. The molecular weight excluding hydrogens is 362 g/mol. The molecule has 0 amide bonds. The molecule has 29 heavy (non-hydrogen) atoms. The summed E-state index contributed by atoms with van der Waals surface area (Å²) >= 11 is 0. The molecule has 1 heterocycles. The van der Waals surface area contributed by atoms with Crippen LogP contribution in [0.5, 0.6) is 0 Å². The first kappa shape index (κ1) is 26.1. The van der Waals surface area contributed by atoms with E-state index in [2.05, 4.69) is 11.8 Å². The Morgan fingerprint density at radius 2 is 1.34 bits per heavy atom. The molecule has 0 spiro atoms. The van der Waals surface area contributed by atoms with E-state index in [1.807, 2.05) is 6.92 Å². The average molecular weight is 410 g/mol. The van der Waals surface area contributed by atoms with E-state index in [9.17, 15) is 9.59 Å². The molecule has 0 aromatic rings. The number of carbonyl (C=O) groups is 2. The van der Waals surface area contributed by atoms with Gasteiger partial charge in [0.15, 0.2) is 0 Å². The van der Waals surface area contributed by atoms with Crippen molar-refractivity contribution in [1.82, 2.24) is 4.90 Å². The van der Waals surface area contributed by atoms with E-state index in [-0.39, 0.29) is 12.1 Å². The van der Waals surface area contributed by atoms with E-state index in [4.69, 9.17) is 4.74 Å². The van der Waals surface area contributed by atoms with E-state index >= 15 is 0 Å². The van der Waals surface area contributed by atoms with E-state index in [1.165, 1.54) is 57.8 Å². The standard InChI is InChI=1S/C25H47NO3/c1-3-5-6-7-8-9-10-11-12-13-17-23(27)18-14-15-20-26-21-19-24(22-26)29-25(28)16-4-2/h24H,3-22H2,1-2H3. The molecule has 0 radical (unpaired) electrons. The number of ether oxygens (including phenoxy) is 1. The third-order valence-corrected chi connectivity index (χ3v) is 5.97. The lowest BCUT2D eigenvalue weighted by atomic mass is 10.0. The van der Waals surface area contributed by atoms with E-state index in [0.29, 0.717) is 12.2 Å². The molecule has 0 bridgehead atoms. The van der Waals surface area contributed by atoms with Crippen LogP contribution in [0, 0.1) is 0 Å². The minimum atomic E-state index is -0.0584. The van der Waals surface area contributed by atoms with Gasteiger partial charge in [-0.1, -0.05) is 71.6 Å². The van der Waals surface area contributed by atoms with Gasteiger partial charge in [-0.25, -0.2) is 0 Å². The van der Waals surface area contributed by atoms with Gasteiger partial charge in [0.25, 0.3) is 0 Å². The van der Waals surface area contributed by atoms with Gasteiger partial charge in [-0.3, -0.25) is 14.5 Å². The van der Waals surface area contributed by atoms with Crippen molar-refractivity contribution in [3.05, 3.63) is 0 Å². The third kappa shape index (κ3) is 14.7. The van der Waals surface area contributed by atoms with Crippen molar-refractivity contribution in [3.63, 3.8) is 0 Å². The Kier molecular flexibility index (Phi) is 16.1.